The van der Waals surface area contributed by atoms with E-state index in [4.69, 9.17) is 20.9 Å². The normalized spacial score (nSPS) is 12.2. The topological polar surface area (TPSA) is 70.5 Å². The van der Waals surface area contributed by atoms with Gasteiger partial charge in [-0.15, -0.1) is 0 Å². The average Bonchev–Trinajstić information content (AvgIpc) is 2.38. The van der Waals surface area contributed by atoms with E-state index in [1.807, 2.05) is 18.2 Å². The van der Waals surface area contributed by atoms with Crippen molar-refractivity contribution in [2.24, 2.45) is 11.5 Å². The van der Waals surface area contributed by atoms with Crippen LogP contribution in [0.3, 0.4) is 0 Å². The third-order valence-electron chi connectivity index (χ3n) is 2.77. The highest BCUT2D eigenvalue weighted by atomic mass is 16.5. The lowest BCUT2D eigenvalue weighted by molar-refractivity contribution is 0.392. The molecule has 0 spiro atoms. The maximum Gasteiger partial charge on any atom is 0.122 e. The molecule has 0 amide bonds. The van der Waals surface area contributed by atoms with Gasteiger partial charge in [-0.1, -0.05) is 6.42 Å². The molecule has 4 N–H and O–H groups in total. The van der Waals surface area contributed by atoms with Crippen LogP contribution in [0.5, 0.6) is 11.5 Å². The summed E-state index contributed by atoms with van der Waals surface area (Å²) in [6.07, 6.45) is 2.97. The van der Waals surface area contributed by atoms with Crippen molar-refractivity contribution in [2.75, 3.05) is 20.8 Å². The minimum atomic E-state index is 0.00514. The number of methoxy groups -OCH3 is 2. The Balaban J connectivity index is 2.73. The highest BCUT2D eigenvalue weighted by Gasteiger charge is 2.09. The predicted octanol–water partition coefficient (Wildman–Crippen LogP) is 1.83. The smallest absolute Gasteiger partial charge is 0.122 e. The molecule has 0 aliphatic rings. The van der Waals surface area contributed by atoms with Gasteiger partial charge in [0, 0.05) is 12.1 Å². The SMILES string of the molecule is COc1cc(OC)cc([C@H](N)CCCCN)c1. The number of unbranched alkanes of at least 4 members (excludes halogenated alkanes) is 1. The van der Waals surface area contributed by atoms with Gasteiger partial charge in [0.2, 0.25) is 0 Å². The van der Waals surface area contributed by atoms with Crippen LogP contribution in [0.4, 0.5) is 0 Å². The Morgan fingerprint density at radius 2 is 1.65 bits per heavy atom. The first-order valence-corrected chi connectivity index (χ1v) is 5.90. The molecular formula is C13H22N2O2. The first-order chi connectivity index (χ1) is 8.21. The van der Waals surface area contributed by atoms with Crippen molar-refractivity contribution in [1.29, 1.82) is 0 Å². The number of ether oxygens (including phenoxy) is 2. The van der Waals surface area contributed by atoms with Gasteiger partial charge >= 0.3 is 0 Å². The van der Waals surface area contributed by atoms with E-state index in [-0.39, 0.29) is 6.04 Å². The third-order valence-corrected chi connectivity index (χ3v) is 2.77. The van der Waals surface area contributed by atoms with E-state index in [9.17, 15) is 0 Å². The second-order valence-corrected chi connectivity index (χ2v) is 4.04. The lowest BCUT2D eigenvalue weighted by Crippen LogP contribution is -2.11. The molecule has 17 heavy (non-hydrogen) atoms. The number of nitrogens with two attached hydrogens (primary N) is 2. The molecule has 0 saturated heterocycles. The van der Waals surface area contributed by atoms with Crippen LogP contribution in [0.25, 0.3) is 0 Å². The Kier molecular flexibility index (Phi) is 5.80. The largest absolute Gasteiger partial charge is 0.497 e. The summed E-state index contributed by atoms with van der Waals surface area (Å²) < 4.78 is 10.4. The Labute approximate surface area is 103 Å². The summed E-state index contributed by atoms with van der Waals surface area (Å²) in [5, 5.41) is 0. The van der Waals surface area contributed by atoms with Gasteiger partial charge in [-0.25, -0.2) is 0 Å². The first-order valence-electron chi connectivity index (χ1n) is 5.90. The second-order valence-electron chi connectivity index (χ2n) is 4.04. The highest BCUT2D eigenvalue weighted by molar-refractivity contribution is 5.39. The van der Waals surface area contributed by atoms with E-state index in [0.29, 0.717) is 6.54 Å². The molecule has 0 aliphatic carbocycles. The molecule has 0 heterocycles. The van der Waals surface area contributed by atoms with Crippen LogP contribution in [0.1, 0.15) is 30.9 Å². The van der Waals surface area contributed by atoms with E-state index in [0.717, 1.165) is 36.3 Å². The van der Waals surface area contributed by atoms with Crippen molar-refractivity contribution in [3.63, 3.8) is 0 Å². The van der Waals surface area contributed by atoms with Crippen molar-refractivity contribution in [1.82, 2.24) is 0 Å². The van der Waals surface area contributed by atoms with Crippen molar-refractivity contribution in [2.45, 2.75) is 25.3 Å². The van der Waals surface area contributed by atoms with E-state index >= 15 is 0 Å². The van der Waals surface area contributed by atoms with Crippen molar-refractivity contribution in [3.8, 4) is 11.5 Å². The quantitative estimate of drug-likeness (QED) is 0.711. The third kappa shape index (κ3) is 4.24. The maximum atomic E-state index is 6.13. The van der Waals surface area contributed by atoms with Crippen LogP contribution >= 0.6 is 0 Å². The molecule has 96 valence electrons. The van der Waals surface area contributed by atoms with Gasteiger partial charge in [0.05, 0.1) is 14.2 Å². The molecule has 1 atom stereocenters. The fourth-order valence-electron chi connectivity index (χ4n) is 1.72. The number of hydrogen-bond donors (Lipinski definition) is 2. The Morgan fingerprint density at radius 3 is 2.12 bits per heavy atom. The van der Waals surface area contributed by atoms with Gasteiger partial charge in [-0.3, -0.25) is 0 Å². The Morgan fingerprint density at radius 1 is 1.06 bits per heavy atom. The standard InChI is InChI=1S/C13H22N2O2/c1-16-11-7-10(8-12(9-11)17-2)13(15)5-3-4-6-14/h7-9,13H,3-6,14-15H2,1-2H3/t13-/m1/s1. The zero-order valence-corrected chi connectivity index (χ0v) is 10.6. The Hall–Kier alpha value is -1.26. The summed E-state index contributed by atoms with van der Waals surface area (Å²) in [6, 6.07) is 5.76. The van der Waals surface area contributed by atoms with Gasteiger partial charge in [0.25, 0.3) is 0 Å². The van der Waals surface area contributed by atoms with Crippen LogP contribution in [-0.2, 0) is 0 Å². The van der Waals surface area contributed by atoms with E-state index in [1.54, 1.807) is 14.2 Å². The predicted molar refractivity (Wildman–Crippen MR) is 69.4 cm³/mol. The summed E-state index contributed by atoms with van der Waals surface area (Å²) in [7, 11) is 3.27. The number of hydrogen-bond acceptors (Lipinski definition) is 4. The summed E-state index contributed by atoms with van der Waals surface area (Å²) in [5.41, 5.74) is 12.6. The molecule has 0 radical (unpaired) electrons. The van der Waals surface area contributed by atoms with Gasteiger partial charge in [0.15, 0.2) is 0 Å². The molecule has 0 bridgehead atoms. The lowest BCUT2D eigenvalue weighted by atomic mass is 10.0. The van der Waals surface area contributed by atoms with Crippen LogP contribution < -0.4 is 20.9 Å². The molecule has 0 fully saturated rings. The number of rotatable bonds is 7. The molecule has 1 rings (SSSR count). The van der Waals surface area contributed by atoms with Gasteiger partial charge < -0.3 is 20.9 Å². The minimum Gasteiger partial charge on any atom is -0.497 e. The van der Waals surface area contributed by atoms with Crippen molar-refractivity contribution >= 4 is 0 Å². The van der Waals surface area contributed by atoms with Crippen LogP contribution in [0, 0.1) is 0 Å². The van der Waals surface area contributed by atoms with E-state index in [2.05, 4.69) is 0 Å². The highest BCUT2D eigenvalue weighted by Crippen LogP contribution is 2.27. The zero-order chi connectivity index (χ0) is 12.7. The molecule has 4 heteroatoms. The lowest BCUT2D eigenvalue weighted by Gasteiger charge is -2.14. The van der Waals surface area contributed by atoms with Crippen LogP contribution in [-0.4, -0.2) is 20.8 Å². The van der Waals surface area contributed by atoms with E-state index in [1.165, 1.54) is 0 Å². The summed E-state index contributed by atoms with van der Waals surface area (Å²) >= 11 is 0. The summed E-state index contributed by atoms with van der Waals surface area (Å²) in [6.45, 7) is 0.716. The summed E-state index contributed by atoms with van der Waals surface area (Å²) in [5.74, 6) is 1.54. The number of benzene rings is 1. The molecule has 0 saturated carbocycles. The fraction of sp³-hybridized carbons (Fsp3) is 0.538. The minimum absolute atomic E-state index is 0.00514. The maximum absolute atomic E-state index is 6.13. The molecule has 0 aliphatic heterocycles. The van der Waals surface area contributed by atoms with Crippen LogP contribution in [0.15, 0.2) is 18.2 Å². The fourth-order valence-corrected chi connectivity index (χ4v) is 1.72. The molecule has 0 aromatic heterocycles. The molecule has 1 aromatic rings. The van der Waals surface area contributed by atoms with Crippen LogP contribution in [0.2, 0.25) is 0 Å². The Bertz CT molecular complexity index is 320. The van der Waals surface area contributed by atoms with Crippen molar-refractivity contribution in [3.05, 3.63) is 23.8 Å². The first kappa shape index (κ1) is 13.8. The molecule has 0 unspecified atom stereocenters. The zero-order valence-electron chi connectivity index (χ0n) is 10.6. The second kappa shape index (κ2) is 7.14. The van der Waals surface area contributed by atoms with Gasteiger partial charge in [0.1, 0.15) is 11.5 Å². The molecule has 1 aromatic carbocycles. The monoisotopic (exact) mass is 238 g/mol. The molecule has 4 nitrogen and oxygen atoms in total. The van der Waals surface area contributed by atoms with Gasteiger partial charge in [-0.2, -0.15) is 0 Å². The van der Waals surface area contributed by atoms with Gasteiger partial charge in [-0.05, 0) is 37.1 Å². The van der Waals surface area contributed by atoms with Crippen molar-refractivity contribution < 1.29 is 9.47 Å². The summed E-state index contributed by atoms with van der Waals surface area (Å²) in [4.78, 5) is 0. The molecular weight excluding hydrogens is 216 g/mol. The average molecular weight is 238 g/mol. The van der Waals surface area contributed by atoms with E-state index < -0.39 is 0 Å².